The average molecular weight is 460 g/mol. The van der Waals surface area contributed by atoms with Crippen LogP contribution in [-0.4, -0.2) is 4.98 Å². The molecule has 0 saturated carbocycles. The summed E-state index contributed by atoms with van der Waals surface area (Å²) in [6.07, 6.45) is 5.11. The van der Waals surface area contributed by atoms with Gasteiger partial charge in [-0.25, -0.2) is 0 Å². The maximum absolute atomic E-state index is 6.87. The fraction of sp³-hybridized carbons (Fsp3) is 0.303. The van der Waals surface area contributed by atoms with Crippen LogP contribution in [-0.2, 0) is 12.8 Å². The van der Waals surface area contributed by atoms with E-state index in [0.29, 0.717) is 5.92 Å². The van der Waals surface area contributed by atoms with Crippen LogP contribution in [0.25, 0.3) is 43.6 Å². The van der Waals surface area contributed by atoms with Gasteiger partial charge in [-0.15, -0.1) is 0 Å². The largest absolute Gasteiger partial charge is 0.456 e. The third-order valence-corrected chi connectivity index (χ3v) is 7.22. The fourth-order valence-electron chi connectivity index (χ4n) is 5.65. The topological polar surface area (TPSA) is 22.1 Å². The maximum Gasteiger partial charge on any atom is 0.140 e. The summed E-state index contributed by atoms with van der Waals surface area (Å²) in [5.74, 6) is 2.56. The minimum Gasteiger partial charge on any atom is -0.456 e. The van der Waals surface area contributed by atoms with Crippen LogP contribution < -0.4 is 4.74 Å². The van der Waals surface area contributed by atoms with E-state index in [0.717, 1.165) is 47.4 Å². The quantitative estimate of drug-likeness (QED) is 0.245. The number of nitrogens with zero attached hydrogens (tertiary/aromatic N) is 1. The summed E-state index contributed by atoms with van der Waals surface area (Å²) in [6, 6.07) is 22.1. The van der Waals surface area contributed by atoms with Crippen LogP contribution in [0.3, 0.4) is 0 Å². The highest BCUT2D eigenvalue weighted by atomic mass is 16.5. The highest BCUT2D eigenvalue weighted by molar-refractivity contribution is 6.17. The third-order valence-electron chi connectivity index (χ3n) is 7.22. The lowest BCUT2D eigenvalue weighted by Gasteiger charge is -2.26. The van der Waals surface area contributed by atoms with Crippen LogP contribution in [0.1, 0.15) is 52.2 Å². The zero-order valence-corrected chi connectivity index (χ0v) is 21.4. The molecule has 0 N–H and O–H groups in total. The first-order valence-corrected chi connectivity index (χ1v) is 12.9. The van der Waals surface area contributed by atoms with Crippen molar-refractivity contribution in [2.45, 2.75) is 53.9 Å². The first kappa shape index (κ1) is 22.1. The molecule has 0 amide bonds. The van der Waals surface area contributed by atoms with Gasteiger partial charge in [0.1, 0.15) is 11.5 Å². The Kier molecular flexibility index (Phi) is 5.11. The molecule has 0 spiro atoms. The van der Waals surface area contributed by atoms with Crippen molar-refractivity contribution in [1.29, 1.82) is 0 Å². The van der Waals surface area contributed by atoms with E-state index in [2.05, 4.69) is 95.3 Å². The van der Waals surface area contributed by atoms with Crippen LogP contribution in [0.4, 0.5) is 0 Å². The van der Waals surface area contributed by atoms with Crippen LogP contribution in [0.5, 0.6) is 11.5 Å². The van der Waals surface area contributed by atoms with Gasteiger partial charge in [0.15, 0.2) is 0 Å². The molecule has 0 aliphatic carbocycles. The van der Waals surface area contributed by atoms with Gasteiger partial charge in [-0.05, 0) is 81.3 Å². The van der Waals surface area contributed by atoms with E-state index in [9.17, 15) is 0 Å². The lowest BCUT2D eigenvalue weighted by Crippen LogP contribution is -2.09. The van der Waals surface area contributed by atoms with Crippen LogP contribution in [0, 0.1) is 11.3 Å². The van der Waals surface area contributed by atoms with Gasteiger partial charge in [-0.2, -0.15) is 0 Å². The smallest absolute Gasteiger partial charge is 0.140 e. The van der Waals surface area contributed by atoms with Crippen LogP contribution in [0.15, 0.2) is 66.9 Å². The van der Waals surface area contributed by atoms with E-state index >= 15 is 0 Å². The summed E-state index contributed by atoms with van der Waals surface area (Å²) >= 11 is 0. The number of pyridine rings is 1. The molecular weight excluding hydrogens is 426 g/mol. The molecule has 0 atom stereocenters. The molecule has 1 aromatic heterocycles. The maximum atomic E-state index is 6.87. The Hall–Kier alpha value is -3.39. The Balaban J connectivity index is 1.66. The van der Waals surface area contributed by atoms with Crippen molar-refractivity contribution in [3.8, 4) is 22.8 Å². The Morgan fingerprint density at radius 2 is 1.66 bits per heavy atom. The normalized spacial score (nSPS) is 13.0. The van der Waals surface area contributed by atoms with Crippen LogP contribution >= 0.6 is 0 Å². The second-order valence-electron chi connectivity index (χ2n) is 11.7. The van der Waals surface area contributed by atoms with E-state index in [1.807, 2.05) is 6.20 Å². The number of aromatic nitrogens is 1. The molecule has 6 rings (SSSR count). The molecule has 0 bridgehead atoms. The second kappa shape index (κ2) is 8.09. The number of hydrogen-bond acceptors (Lipinski definition) is 2. The van der Waals surface area contributed by atoms with Crippen molar-refractivity contribution < 1.29 is 4.74 Å². The van der Waals surface area contributed by atoms with E-state index in [4.69, 9.17) is 9.72 Å². The summed E-state index contributed by atoms with van der Waals surface area (Å²) < 4.78 is 6.87. The van der Waals surface area contributed by atoms with Crippen molar-refractivity contribution >= 4 is 32.3 Å². The van der Waals surface area contributed by atoms with E-state index < -0.39 is 0 Å². The minimum absolute atomic E-state index is 0.209. The van der Waals surface area contributed by atoms with Crippen LogP contribution in [0.2, 0.25) is 0 Å². The van der Waals surface area contributed by atoms with Gasteiger partial charge < -0.3 is 4.74 Å². The molecule has 176 valence electrons. The molecule has 1 aliphatic rings. The van der Waals surface area contributed by atoms with Gasteiger partial charge in [-0.3, -0.25) is 4.98 Å². The van der Waals surface area contributed by atoms with Crippen molar-refractivity contribution in [3.05, 3.63) is 78.0 Å². The Morgan fingerprint density at radius 3 is 2.46 bits per heavy atom. The van der Waals surface area contributed by atoms with Crippen molar-refractivity contribution in [2.75, 3.05) is 0 Å². The van der Waals surface area contributed by atoms with Gasteiger partial charge in [0.05, 0.1) is 11.1 Å². The number of rotatable bonds is 4. The molecular formula is C33H33NO. The van der Waals surface area contributed by atoms with Crippen molar-refractivity contribution in [1.82, 2.24) is 4.98 Å². The summed E-state index contributed by atoms with van der Waals surface area (Å²) in [7, 11) is 0. The third kappa shape index (κ3) is 3.76. The van der Waals surface area contributed by atoms with Gasteiger partial charge >= 0.3 is 0 Å². The SMILES string of the molecule is CC(C)CCc1c2c(cc3ccccc13)-c1nccc3c1c(cc1c(CC(C)(C)C)cccc13)O2. The number of aryl methyl sites for hydroxylation is 1. The van der Waals surface area contributed by atoms with Crippen molar-refractivity contribution in [2.24, 2.45) is 11.3 Å². The molecule has 0 radical (unpaired) electrons. The van der Waals surface area contributed by atoms with Gasteiger partial charge in [-0.1, -0.05) is 77.1 Å². The number of ether oxygens (including phenoxy) is 1. The number of hydrogen-bond donors (Lipinski definition) is 0. The molecule has 35 heavy (non-hydrogen) atoms. The molecule has 4 aromatic carbocycles. The van der Waals surface area contributed by atoms with Gasteiger partial charge in [0.25, 0.3) is 0 Å². The monoisotopic (exact) mass is 459 g/mol. The number of benzene rings is 4. The molecule has 2 nitrogen and oxygen atoms in total. The predicted molar refractivity (Wildman–Crippen MR) is 149 cm³/mol. The number of fused-ring (bicyclic) bond motifs is 5. The average Bonchev–Trinajstić information content (AvgIpc) is 2.82. The zero-order valence-electron chi connectivity index (χ0n) is 21.4. The minimum atomic E-state index is 0.209. The molecule has 1 aliphatic heterocycles. The van der Waals surface area contributed by atoms with Gasteiger partial charge in [0.2, 0.25) is 0 Å². The van der Waals surface area contributed by atoms with Gasteiger partial charge in [0, 0.05) is 17.3 Å². The molecule has 5 aromatic rings. The zero-order chi connectivity index (χ0) is 24.3. The van der Waals surface area contributed by atoms with E-state index in [1.165, 1.54) is 38.1 Å². The molecule has 2 heterocycles. The first-order valence-electron chi connectivity index (χ1n) is 12.9. The molecule has 0 fully saturated rings. The highest BCUT2D eigenvalue weighted by Crippen LogP contribution is 2.51. The molecule has 2 heteroatoms. The summed E-state index contributed by atoms with van der Waals surface area (Å²) in [5.41, 5.74) is 5.04. The van der Waals surface area contributed by atoms with Crippen molar-refractivity contribution in [3.63, 3.8) is 0 Å². The Morgan fingerprint density at radius 1 is 0.857 bits per heavy atom. The molecule has 0 unspecified atom stereocenters. The lowest BCUT2D eigenvalue weighted by molar-refractivity contribution is 0.412. The van der Waals surface area contributed by atoms with E-state index in [-0.39, 0.29) is 5.41 Å². The Bertz CT molecular complexity index is 1600. The molecule has 0 saturated heterocycles. The summed E-state index contributed by atoms with van der Waals surface area (Å²) in [4.78, 5) is 4.93. The lowest BCUT2D eigenvalue weighted by atomic mass is 9.84. The summed E-state index contributed by atoms with van der Waals surface area (Å²) in [6.45, 7) is 11.5. The predicted octanol–water partition coefficient (Wildman–Crippen LogP) is 9.49. The summed E-state index contributed by atoms with van der Waals surface area (Å²) in [5, 5.41) is 7.46. The first-order chi connectivity index (χ1) is 16.8. The second-order valence-corrected chi connectivity index (χ2v) is 11.7. The Labute approximate surface area is 208 Å². The highest BCUT2D eigenvalue weighted by Gasteiger charge is 2.27. The van der Waals surface area contributed by atoms with E-state index in [1.54, 1.807) is 0 Å². The fourth-order valence-corrected chi connectivity index (χ4v) is 5.65. The standard InChI is InChI=1S/C33H33NO/c1-20(2)13-14-26-23-11-7-6-9-21(23)17-28-31-30-25(15-16-34-31)24-12-8-10-22(19-33(3,4)5)27(24)18-29(30)35-32(26)28/h6-12,15-18,20H,13-14,19H2,1-5H3.